The van der Waals surface area contributed by atoms with Gasteiger partial charge in [0, 0.05) is 22.4 Å². The second-order valence-electron chi connectivity index (χ2n) is 5.84. The third-order valence-electron chi connectivity index (χ3n) is 3.89. The number of nitrogens with one attached hydrogen (secondary N) is 1. The van der Waals surface area contributed by atoms with E-state index in [-0.39, 0.29) is 5.91 Å². The van der Waals surface area contributed by atoms with Crippen molar-refractivity contribution in [2.75, 3.05) is 11.1 Å². The van der Waals surface area contributed by atoms with Gasteiger partial charge in [-0.15, -0.1) is 11.8 Å². The summed E-state index contributed by atoms with van der Waals surface area (Å²) in [5.74, 6) is 2.44. The van der Waals surface area contributed by atoms with Crippen LogP contribution in [0.2, 0.25) is 5.02 Å². The van der Waals surface area contributed by atoms with Gasteiger partial charge in [-0.3, -0.25) is 4.79 Å². The molecule has 26 heavy (non-hydrogen) atoms. The molecule has 0 fully saturated rings. The second kappa shape index (κ2) is 8.42. The minimum absolute atomic E-state index is 0.0698. The normalized spacial score (nSPS) is 10.9. The molecule has 0 radical (unpaired) electrons. The molecule has 6 nitrogen and oxygen atoms in total. The molecule has 0 aliphatic heterocycles. The second-order valence-corrected chi connectivity index (χ2v) is 7.27. The highest BCUT2D eigenvalue weighted by molar-refractivity contribution is 7.99. The van der Waals surface area contributed by atoms with Crippen LogP contribution in [0.3, 0.4) is 0 Å². The summed E-state index contributed by atoms with van der Waals surface area (Å²) in [7, 11) is 0. The van der Waals surface area contributed by atoms with E-state index in [9.17, 15) is 4.79 Å². The number of halogens is 1. The number of amides is 1. The summed E-state index contributed by atoms with van der Waals surface area (Å²) in [5, 5.41) is 11.8. The summed E-state index contributed by atoms with van der Waals surface area (Å²) in [6.45, 7) is 4.35. The van der Waals surface area contributed by atoms with Gasteiger partial charge in [0.1, 0.15) is 11.6 Å². The van der Waals surface area contributed by atoms with Crippen molar-refractivity contribution in [3.63, 3.8) is 0 Å². The zero-order chi connectivity index (χ0) is 18.5. The highest BCUT2D eigenvalue weighted by Crippen LogP contribution is 2.20. The van der Waals surface area contributed by atoms with Crippen molar-refractivity contribution in [3.8, 4) is 0 Å². The standard InChI is InChI=1S/C18H19ClN4O2S/c1-12-16(13(2)25-22-12)10-26-11-18(24)21-17-7-8-20-23(17)9-14-3-5-15(19)6-4-14/h3-8H,9-11H2,1-2H3,(H,21,24). The molecule has 2 heterocycles. The van der Waals surface area contributed by atoms with Crippen molar-refractivity contribution >= 4 is 35.1 Å². The Kier molecular flexibility index (Phi) is 6.00. The van der Waals surface area contributed by atoms with E-state index < -0.39 is 0 Å². The Balaban J connectivity index is 1.53. The van der Waals surface area contributed by atoms with Crippen LogP contribution in [0.15, 0.2) is 41.1 Å². The molecule has 1 aromatic carbocycles. The van der Waals surface area contributed by atoms with E-state index >= 15 is 0 Å². The first-order valence-corrected chi connectivity index (χ1v) is 9.62. The molecule has 136 valence electrons. The van der Waals surface area contributed by atoms with Gasteiger partial charge in [-0.05, 0) is 31.5 Å². The van der Waals surface area contributed by atoms with Gasteiger partial charge >= 0.3 is 0 Å². The topological polar surface area (TPSA) is 73.0 Å². The molecule has 0 bridgehead atoms. The lowest BCUT2D eigenvalue weighted by Crippen LogP contribution is -2.18. The maximum absolute atomic E-state index is 12.2. The van der Waals surface area contributed by atoms with Gasteiger partial charge < -0.3 is 9.84 Å². The number of anilines is 1. The molecule has 1 N–H and O–H groups in total. The molecular weight excluding hydrogens is 372 g/mol. The minimum Gasteiger partial charge on any atom is -0.361 e. The molecule has 1 amide bonds. The van der Waals surface area contributed by atoms with Gasteiger partial charge in [-0.2, -0.15) is 5.10 Å². The zero-order valence-corrected chi connectivity index (χ0v) is 16.1. The van der Waals surface area contributed by atoms with E-state index in [2.05, 4.69) is 15.6 Å². The van der Waals surface area contributed by atoms with E-state index in [0.29, 0.717) is 28.9 Å². The Hall–Kier alpha value is -2.25. The Labute approximate surface area is 160 Å². The van der Waals surface area contributed by atoms with E-state index in [1.165, 1.54) is 11.8 Å². The van der Waals surface area contributed by atoms with Crippen LogP contribution >= 0.6 is 23.4 Å². The van der Waals surface area contributed by atoms with Crippen LogP contribution in [0.5, 0.6) is 0 Å². The van der Waals surface area contributed by atoms with Crippen molar-refractivity contribution in [1.29, 1.82) is 0 Å². The molecule has 3 aromatic rings. The van der Waals surface area contributed by atoms with E-state index in [4.69, 9.17) is 16.1 Å². The average molecular weight is 391 g/mol. The first kappa shape index (κ1) is 18.5. The van der Waals surface area contributed by atoms with E-state index in [0.717, 1.165) is 22.6 Å². The quantitative estimate of drug-likeness (QED) is 0.658. The fraction of sp³-hybridized carbons (Fsp3) is 0.278. The van der Waals surface area contributed by atoms with Crippen molar-refractivity contribution in [2.45, 2.75) is 26.1 Å². The van der Waals surface area contributed by atoms with Crippen LogP contribution in [-0.4, -0.2) is 26.6 Å². The summed E-state index contributed by atoms with van der Waals surface area (Å²) in [6.07, 6.45) is 1.67. The summed E-state index contributed by atoms with van der Waals surface area (Å²) < 4.78 is 6.88. The maximum Gasteiger partial charge on any atom is 0.235 e. The smallest absolute Gasteiger partial charge is 0.235 e. The predicted molar refractivity (Wildman–Crippen MR) is 104 cm³/mol. The van der Waals surface area contributed by atoms with E-state index in [1.807, 2.05) is 38.1 Å². The molecule has 0 atom stereocenters. The number of hydrogen-bond donors (Lipinski definition) is 1. The predicted octanol–water partition coefficient (Wildman–Crippen LogP) is 4.06. The Morgan fingerprint density at radius 3 is 2.73 bits per heavy atom. The lowest BCUT2D eigenvalue weighted by atomic mass is 10.2. The molecule has 8 heteroatoms. The molecule has 2 aromatic heterocycles. The number of thioether (sulfide) groups is 1. The highest BCUT2D eigenvalue weighted by atomic mass is 35.5. The molecule has 0 aliphatic carbocycles. The van der Waals surface area contributed by atoms with E-state index in [1.54, 1.807) is 16.9 Å². The summed E-state index contributed by atoms with van der Waals surface area (Å²) in [6, 6.07) is 9.34. The van der Waals surface area contributed by atoms with Crippen molar-refractivity contribution < 1.29 is 9.32 Å². The van der Waals surface area contributed by atoms with Crippen molar-refractivity contribution in [1.82, 2.24) is 14.9 Å². The summed E-state index contributed by atoms with van der Waals surface area (Å²) in [5.41, 5.74) is 2.98. The maximum atomic E-state index is 12.2. The van der Waals surface area contributed by atoms with Crippen molar-refractivity contribution in [2.24, 2.45) is 0 Å². The first-order valence-electron chi connectivity index (χ1n) is 8.08. The lowest BCUT2D eigenvalue weighted by Gasteiger charge is -2.09. The minimum atomic E-state index is -0.0698. The number of carbonyl (C=O) groups is 1. The van der Waals surface area contributed by atoms with Gasteiger partial charge in [-0.25, -0.2) is 4.68 Å². The molecule has 0 aliphatic rings. The molecule has 0 saturated heterocycles. The lowest BCUT2D eigenvalue weighted by molar-refractivity contribution is -0.113. The summed E-state index contributed by atoms with van der Waals surface area (Å²) in [4.78, 5) is 12.2. The SMILES string of the molecule is Cc1noc(C)c1CSCC(=O)Nc1ccnn1Cc1ccc(Cl)cc1. The molecule has 3 rings (SSSR count). The van der Waals surface area contributed by atoms with Gasteiger partial charge in [0.2, 0.25) is 5.91 Å². The molecule has 0 saturated carbocycles. The third-order valence-corrected chi connectivity index (χ3v) is 5.10. The molecule has 0 spiro atoms. The van der Waals surface area contributed by atoms with Crippen LogP contribution in [0.1, 0.15) is 22.6 Å². The largest absolute Gasteiger partial charge is 0.361 e. The molecule has 0 unspecified atom stereocenters. The number of hydrogen-bond acceptors (Lipinski definition) is 5. The highest BCUT2D eigenvalue weighted by Gasteiger charge is 2.11. The van der Waals surface area contributed by atoms with Gasteiger partial charge in [-0.1, -0.05) is 28.9 Å². The van der Waals surface area contributed by atoms with Crippen LogP contribution in [0.4, 0.5) is 5.82 Å². The fourth-order valence-electron chi connectivity index (χ4n) is 2.46. The average Bonchev–Trinajstić information content (AvgIpc) is 3.17. The monoisotopic (exact) mass is 390 g/mol. The number of aryl methyl sites for hydroxylation is 2. The van der Waals surface area contributed by atoms with Crippen molar-refractivity contribution in [3.05, 3.63) is 64.1 Å². The van der Waals surface area contributed by atoms with Crippen LogP contribution in [-0.2, 0) is 17.1 Å². The summed E-state index contributed by atoms with van der Waals surface area (Å²) >= 11 is 7.43. The molecular formula is C18H19ClN4O2S. The number of nitrogens with zero attached hydrogens (tertiary/aromatic N) is 3. The van der Waals surface area contributed by atoms with Gasteiger partial charge in [0.05, 0.1) is 24.2 Å². The zero-order valence-electron chi connectivity index (χ0n) is 14.5. The Morgan fingerprint density at radius 1 is 1.27 bits per heavy atom. The van der Waals surface area contributed by atoms with Crippen LogP contribution < -0.4 is 5.32 Å². The van der Waals surface area contributed by atoms with Crippen LogP contribution in [0.25, 0.3) is 0 Å². The third kappa shape index (κ3) is 4.68. The van der Waals surface area contributed by atoms with Crippen LogP contribution in [0, 0.1) is 13.8 Å². The number of aromatic nitrogens is 3. The van der Waals surface area contributed by atoms with Gasteiger partial charge in [0.25, 0.3) is 0 Å². The Bertz CT molecular complexity index is 869. The first-order chi connectivity index (χ1) is 12.5. The Morgan fingerprint density at radius 2 is 2.04 bits per heavy atom. The number of benzene rings is 1. The van der Waals surface area contributed by atoms with Gasteiger partial charge in [0.15, 0.2) is 0 Å². The number of rotatable bonds is 7. The number of carbonyl (C=O) groups excluding carboxylic acids is 1. The fourth-order valence-corrected chi connectivity index (χ4v) is 3.56.